The van der Waals surface area contributed by atoms with Crippen molar-refractivity contribution < 1.29 is 19.6 Å². The van der Waals surface area contributed by atoms with E-state index in [1.54, 1.807) is 0 Å². The molecule has 7 rings (SSSR count). The van der Waals surface area contributed by atoms with Gasteiger partial charge in [-0.15, -0.1) is 0 Å². The Morgan fingerprint density at radius 1 is 0.552 bits per heavy atom. The van der Waals surface area contributed by atoms with E-state index in [1.807, 2.05) is 0 Å². The van der Waals surface area contributed by atoms with Crippen LogP contribution in [0.25, 0.3) is 0 Å². The van der Waals surface area contributed by atoms with Gasteiger partial charge >= 0.3 is 0 Å². The van der Waals surface area contributed by atoms with Gasteiger partial charge in [-0.25, -0.2) is 0 Å². The van der Waals surface area contributed by atoms with Crippen LogP contribution in [-0.2, 0) is 14.5 Å². The normalized spacial score (nSPS) is 26.6. The summed E-state index contributed by atoms with van der Waals surface area (Å²) in [5.41, 5.74) is -0.524. The lowest BCUT2D eigenvalue weighted by Gasteiger charge is -2.56. The maximum atomic E-state index is 10.6. The molecule has 0 radical (unpaired) electrons. The molecule has 4 heterocycles. The summed E-state index contributed by atoms with van der Waals surface area (Å²) in [4.78, 5) is 38.7. The number of aliphatic hydroxyl groups excluding tert-OH is 1. The molecule has 1 aromatic rings. The molecule has 13 nitrogen and oxygen atoms in total. The van der Waals surface area contributed by atoms with Crippen molar-refractivity contribution in [2.75, 3.05) is 41.8 Å². The Morgan fingerprint density at radius 3 is 1.28 bits per heavy atom. The van der Waals surface area contributed by atoms with E-state index in [0.717, 1.165) is 116 Å². The zero-order valence-corrected chi connectivity index (χ0v) is 44.4. The molecule has 3 saturated carbocycles. The van der Waals surface area contributed by atoms with E-state index < -0.39 is 0 Å². The molecule has 67 heavy (non-hydrogen) atoms. The van der Waals surface area contributed by atoms with E-state index in [2.05, 4.69) is 100.0 Å². The molecule has 0 amide bonds. The number of anilines is 3. The first-order valence-electron chi connectivity index (χ1n) is 28.0. The van der Waals surface area contributed by atoms with E-state index in [9.17, 15) is 5.11 Å². The molecule has 3 N–H and O–H groups in total. The largest absolute Gasteiger partial charge is 0.395 e. The van der Waals surface area contributed by atoms with E-state index in [-0.39, 0.29) is 46.9 Å². The molecule has 3 aliphatic carbocycles. The number of hydrogen-bond acceptors (Lipinski definition) is 13. The van der Waals surface area contributed by atoms with Crippen LogP contribution in [0.5, 0.6) is 0 Å². The van der Waals surface area contributed by atoms with Crippen molar-refractivity contribution in [1.29, 1.82) is 0 Å². The van der Waals surface area contributed by atoms with Gasteiger partial charge in [-0.3, -0.25) is 14.5 Å². The van der Waals surface area contributed by atoms with Crippen LogP contribution in [0.4, 0.5) is 17.8 Å². The number of aromatic nitrogens is 3. The third-order valence-electron chi connectivity index (χ3n) is 16.8. The van der Waals surface area contributed by atoms with Crippen molar-refractivity contribution in [2.24, 2.45) is 11.8 Å². The van der Waals surface area contributed by atoms with Crippen LogP contribution in [0, 0.1) is 11.8 Å². The minimum atomic E-state index is -0.131. The van der Waals surface area contributed by atoms with Crippen molar-refractivity contribution in [3.05, 3.63) is 0 Å². The summed E-state index contributed by atoms with van der Waals surface area (Å²) in [7, 11) is 0. The molecule has 3 aliphatic heterocycles. The first-order chi connectivity index (χ1) is 32.0. The quantitative estimate of drug-likeness (QED) is 0.115. The smallest absolute Gasteiger partial charge is 0.232 e. The summed E-state index contributed by atoms with van der Waals surface area (Å²) in [6, 6.07) is 0.539. The van der Waals surface area contributed by atoms with Gasteiger partial charge in [0.25, 0.3) is 0 Å². The number of rotatable bonds is 20. The van der Waals surface area contributed by atoms with Gasteiger partial charge in [0.05, 0.1) is 24.9 Å². The standard InChI is InChI=1S/C54H99N9O4/c1-11-22-46(40-36-51(3,4)62(52(5,6)37-40)66-44-26-18-14-19-27-44)55-48-57-49(59-50(58-48)61(34-35-64)42-30-32-60(33-31-42)65-43-24-16-13-17-25-43)56-47(23-12-2)41-38-53(7,8)63(54(9,10)39-41)67-45-28-20-15-21-29-45/h40-47,64H,11-39H2,1-10H3,(H2,55,56,57,58,59). The Hall–Kier alpha value is -1.87. The van der Waals surface area contributed by atoms with Crippen molar-refractivity contribution in [3.8, 4) is 0 Å². The average molecular weight is 938 g/mol. The summed E-state index contributed by atoms with van der Waals surface area (Å²) in [5, 5.41) is 25.7. The number of nitrogens with zero attached hydrogens (tertiary/aromatic N) is 7. The minimum Gasteiger partial charge on any atom is -0.395 e. The molecule has 13 heteroatoms. The second kappa shape index (κ2) is 23.6. The second-order valence-corrected chi connectivity index (χ2v) is 24.7. The molecular weight excluding hydrogens is 839 g/mol. The summed E-state index contributed by atoms with van der Waals surface area (Å²) in [6.45, 7) is 25.9. The first kappa shape index (κ1) is 52.9. The zero-order chi connectivity index (χ0) is 47.8. The van der Waals surface area contributed by atoms with Crippen molar-refractivity contribution in [3.63, 3.8) is 0 Å². The summed E-state index contributed by atoms with van der Waals surface area (Å²) >= 11 is 0. The van der Waals surface area contributed by atoms with Gasteiger partial charge in [0.15, 0.2) is 0 Å². The van der Waals surface area contributed by atoms with Crippen LogP contribution in [-0.4, -0.2) is 120 Å². The Balaban J connectivity index is 1.15. The summed E-state index contributed by atoms with van der Waals surface area (Å²) in [6.07, 6.45) is 29.6. The van der Waals surface area contributed by atoms with E-state index in [0.29, 0.717) is 54.5 Å². The molecule has 6 aliphatic rings. The molecule has 6 fully saturated rings. The fourth-order valence-electron chi connectivity index (χ4n) is 14.1. The highest BCUT2D eigenvalue weighted by molar-refractivity contribution is 5.46. The predicted octanol–water partition coefficient (Wildman–Crippen LogP) is 11.6. The highest BCUT2D eigenvalue weighted by Crippen LogP contribution is 2.47. The monoisotopic (exact) mass is 938 g/mol. The lowest BCUT2D eigenvalue weighted by atomic mass is 9.71. The number of piperidine rings is 3. The molecule has 2 atom stereocenters. The third kappa shape index (κ3) is 14.0. The highest BCUT2D eigenvalue weighted by Gasteiger charge is 2.51. The molecule has 2 unspecified atom stereocenters. The summed E-state index contributed by atoms with van der Waals surface area (Å²) in [5.74, 6) is 2.71. The van der Waals surface area contributed by atoms with Gasteiger partial charge in [-0.1, -0.05) is 84.5 Å². The highest BCUT2D eigenvalue weighted by atomic mass is 16.7. The van der Waals surface area contributed by atoms with Crippen LogP contribution in [0.15, 0.2) is 0 Å². The fourth-order valence-corrected chi connectivity index (χ4v) is 14.1. The number of hydrogen-bond donors (Lipinski definition) is 3. The number of nitrogens with one attached hydrogen (secondary N) is 2. The number of hydroxylamine groups is 6. The zero-order valence-electron chi connectivity index (χ0n) is 44.4. The van der Waals surface area contributed by atoms with Crippen LogP contribution >= 0.6 is 0 Å². The van der Waals surface area contributed by atoms with E-state index >= 15 is 0 Å². The first-order valence-corrected chi connectivity index (χ1v) is 28.0. The Kier molecular flexibility index (Phi) is 18.6. The minimum absolute atomic E-state index is 0.0320. The van der Waals surface area contributed by atoms with Gasteiger partial charge in [0.2, 0.25) is 17.8 Å². The SMILES string of the molecule is CCCC(Nc1nc(NC(CCC)C2CC(C)(C)N(OC3CCCCC3)C(C)(C)C2)nc(N(CCO)C2CCN(OC3CCCCC3)CC2)n1)C1CC(C)(C)N(OC2CCCCC2)C(C)(C)C1. The third-order valence-corrected chi connectivity index (χ3v) is 16.8. The lowest BCUT2D eigenvalue weighted by Crippen LogP contribution is -2.63. The van der Waals surface area contributed by atoms with Gasteiger partial charge in [0.1, 0.15) is 0 Å². The van der Waals surface area contributed by atoms with Crippen molar-refractivity contribution in [2.45, 2.75) is 288 Å². The Morgan fingerprint density at radius 2 is 0.925 bits per heavy atom. The van der Waals surface area contributed by atoms with Crippen LogP contribution in [0.3, 0.4) is 0 Å². The number of aliphatic hydroxyl groups is 1. The van der Waals surface area contributed by atoms with Gasteiger partial charge < -0.3 is 20.6 Å². The predicted molar refractivity (Wildman–Crippen MR) is 273 cm³/mol. The van der Waals surface area contributed by atoms with Gasteiger partial charge in [-0.2, -0.15) is 30.1 Å². The van der Waals surface area contributed by atoms with Crippen LogP contribution in [0.1, 0.15) is 230 Å². The molecule has 0 aromatic carbocycles. The Bertz CT molecular complexity index is 1510. The van der Waals surface area contributed by atoms with Crippen molar-refractivity contribution in [1.82, 2.24) is 30.1 Å². The Labute approximate surface area is 408 Å². The molecule has 0 bridgehead atoms. The van der Waals surface area contributed by atoms with Crippen LogP contribution in [0.2, 0.25) is 0 Å². The topological polar surface area (TPSA) is 124 Å². The summed E-state index contributed by atoms with van der Waals surface area (Å²) < 4.78 is 0. The van der Waals surface area contributed by atoms with Crippen LogP contribution < -0.4 is 15.5 Å². The molecular formula is C54H99N9O4. The maximum absolute atomic E-state index is 10.6. The average Bonchev–Trinajstić information content (AvgIpc) is 3.28. The maximum Gasteiger partial charge on any atom is 0.232 e. The van der Waals surface area contributed by atoms with E-state index in [1.165, 1.54) is 57.8 Å². The molecule has 3 saturated heterocycles. The fraction of sp³-hybridized carbons (Fsp3) is 0.944. The van der Waals surface area contributed by atoms with Crippen molar-refractivity contribution >= 4 is 17.8 Å². The van der Waals surface area contributed by atoms with E-state index in [4.69, 9.17) is 29.5 Å². The van der Waals surface area contributed by atoms with Gasteiger partial charge in [0, 0.05) is 59.9 Å². The lowest BCUT2D eigenvalue weighted by molar-refractivity contribution is -0.314. The molecule has 0 spiro atoms. The van der Waals surface area contributed by atoms with Gasteiger partial charge in [-0.05, 0) is 157 Å². The molecule has 1 aromatic heterocycles. The molecule has 384 valence electrons. The second-order valence-electron chi connectivity index (χ2n) is 24.7.